The summed E-state index contributed by atoms with van der Waals surface area (Å²) in [6, 6.07) is 3.05. The zero-order valence-corrected chi connectivity index (χ0v) is 13.0. The molecule has 0 aliphatic carbocycles. The van der Waals surface area contributed by atoms with E-state index in [2.05, 4.69) is 10.4 Å². The van der Waals surface area contributed by atoms with Gasteiger partial charge in [-0.3, -0.25) is 0 Å². The molecule has 1 fully saturated rings. The molecule has 0 aromatic carbocycles. The molecule has 0 radical (unpaired) electrons. The molecule has 3 N–H and O–H groups in total. The van der Waals surface area contributed by atoms with Gasteiger partial charge in [-0.1, -0.05) is 6.92 Å². The van der Waals surface area contributed by atoms with Gasteiger partial charge in [0.1, 0.15) is 10.7 Å². The summed E-state index contributed by atoms with van der Waals surface area (Å²) in [6.07, 6.45) is 3.94. The second-order valence-electron chi connectivity index (χ2n) is 5.02. The van der Waals surface area contributed by atoms with Crippen LogP contribution in [-0.4, -0.2) is 43.5 Å². The summed E-state index contributed by atoms with van der Waals surface area (Å²) in [6.45, 7) is 3.62. The molecule has 1 atom stereocenters. The molecule has 0 amide bonds. The molecule has 2 heterocycles. The summed E-state index contributed by atoms with van der Waals surface area (Å²) in [7, 11) is -3.52. The third-order valence-electron chi connectivity index (χ3n) is 3.42. The molecule has 8 heteroatoms. The number of piperidine rings is 1. The van der Waals surface area contributed by atoms with Gasteiger partial charge in [0.2, 0.25) is 10.0 Å². The van der Waals surface area contributed by atoms with Gasteiger partial charge in [-0.2, -0.15) is 4.31 Å². The highest BCUT2D eigenvalue weighted by atomic mass is 32.2. The first kappa shape index (κ1) is 16.2. The summed E-state index contributed by atoms with van der Waals surface area (Å²) >= 11 is 0. The number of ether oxygens (including phenoxy) is 1. The number of aromatic nitrogens is 1. The van der Waals surface area contributed by atoms with Gasteiger partial charge in [-0.25, -0.2) is 19.2 Å². The Morgan fingerprint density at radius 1 is 1.52 bits per heavy atom. The Bertz CT molecular complexity index is 547. The predicted molar refractivity (Wildman–Crippen MR) is 80.1 cm³/mol. The van der Waals surface area contributed by atoms with Gasteiger partial charge < -0.3 is 10.2 Å². The molecule has 21 heavy (non-hydrogen) atoms. The summed E-state index contributed by atoms with van der Waals surface area (Å²) in [5.41, 5.74) is 2.38. The fraction of sp³-hybridized carbons (Fsp3) is 0.615. The summed E-state index contributed by atoms with van der Waals surface area (Å²) in [5, 5.41) is 0. The van der Waals surface area contributed by atoms with Gasteiger partial charge in [0.25, 0.3) is 0 Å². The topological polar surface area (TPSA) is 97.5 Å². The van der Waals surface area contributed by atoms with Crippen LogP contribution in [0.3, 0.4) is 0 Å². The Kier molecular flexibility index (Phi) is 5.51. The number of nitrogens with two attached hydrogens (primary N) is 1. The maximum Gasteiger partial charge on any atom is 0.244 e. The molecule has 0 spiro atoms. The molecular weight excluding hydrogens is 292 g/mol. The van der Waals surface area contributed by atoms with E-state index in [0.29, 0.717) is 25.5 Å². The van der Waals surface area contributed by atoms with Crippen molar-refractivity contribution in [2.45, 2.75) is 37.2 Å². The van der Waals surface area contributed by atoms with E-state index in [-0.39, 0.29) is 11.0 Å². The number of sulfonamides is 1. The lowest BCUT2D eigenvalue weighted by atomic mass is 10.1. The number of anilines is 1. The molecule has 0 saturated carbocycles. The highest BCUT2D eigenvalue weighted by molar-refractivity contribution is 7.89. The van der Waals surface area contributed by atoms with Crippen molar-refractivity contribution in [2.24, 2.45) is 5.84 Å². The lowest BCUT2D eigenvalue weighted by Crippen LogP contribution is -2.43. The minimum Gasteiger partial charge on any atom is -0.377 e. The second kappa shape index (κ2) is 7.17. The fourth-order valence-corrected chi connectivity index (χ4v) is 3.77. The van der Waals surface area contributed by atoms with Crippen molar-refractivity contribution in [1.29, 1.82) is 0 Å². The van der Waals surface area contributed by atoms with Crippen LogP contribution >= 0.6 is 0 Å². The monoisotopic (exact) mass is 314 g/mol. The van der Waals surface area contributed by atoms with Crippen LogP contribution in [0.1, 0.15) is 26.2 Å². The molecule has 1 saturated heterocycles. The SMILES string of the molecule is CCCOC1CCCN(S(=O)(=O)c2ccc(NN)nc2)C1. The van der Waals surface area contributed by atoms with Crippen LogP contribution in [0.5, 0.6) is 0 Å². The maximum atomic E-state index is 12.6. The molecule has 7 nitrogen and oxygen atoms in total. The third-order valence-corrected chi connectivity index (χ3v) is 5.27. The standard InChI is InChI=1S/C13H22N4O3S/c1-2-8-20-11-4-3-7-17(10-11)21(18,19)12-5-6-13(16-14)15-9-12/h5-6,9,11H,2-4,7-8,10,14H2,1H3,(H,15,16). The van der Waals surface area contributed by atoms with Crippen molar-refractivity contribution < 1.29 is 13.2 Å². The lowest BCUT2D eigenvalue weighted by Gasteiger charge is -2.31. The third kappa shape index (κ3) is 3.91. The first-order chi connectivity index (χ1) is 10.1. The number of rotatable bonds is 6. The number of hydrazine groups is 1. The molecule has 1 aromatic rings. The summed E-state index contributed by atoms with van der Waals surface area (Å²) in [4.78, 5) is 4.13. The van der Waals surface area contributed by atoms with E-state index in [1.807, 2.05) is 6.92 Å². The average molecular weight is 314 g/mol. The number of nitrogens with zero attached hydrogens (tertiary/aromatic N) is 2. The number of hydrogen-bond acceptors (Lipinski definition) is 6. The van der Waals surface area contributed by atoms with E-state index in [0.717, 1.165) is 19.3 Å². The molecule has 1 aromatic heterocycles. The fourth-order valence-electron chi connectivity index (χ4n) is 2.31. The molecule has 1 unspecified atom stereocenters. The van der Waals surface area contributed by atoms with Gasteiger partial charge >= 0.3 is 0 Å². The van der Waals surface area contributed by atoms with Crippen LogP contribution in [-0.2, 0) is 14.8 Å². The van der Waals surface area contributed by atoms with Crippen molar-refractivity contribution >= 4 is 15.8 Å². The van der Waals surface area contributed by atoms with E-state index >= 15 is 0 Å². The van der Waals surface area contributed by atoms with Gasteiger partial charge in [-0.15, -0.1) is 0 Å². The quantitative estimate of drug-likeness (QED) is 0.599. The molecule has 118 valence electrons. The van der Waals surface area contributed by atoms with Gasteiger partial charge in [0.15, 0.2) is 0 Å². The molecule has 2 rings (SSSR count). The minimum atomic E-state index is -3.52. The van der Waals surface area contributed by atoms with Crippen LogP contribution in [0.15, 0.2) is 23.2 Å². The van der Waals surface area contributed by atoms with Gasteiger partial charge in [0, 0.05) is 25.9 Å². The van der Waals surface area contributed by atoms with Crippen LogP contribution in [0.4, 0.5) is 5.82 Å². The smallest absolute Gasteiger partial charge is 0.244 e. The van der Waals surface area contributed by atoms with E-state index in [4.69, 9.17) is 10.6 Å². The number of pyridine rings is 1. The van der Waals surface area contributed by atoms with Crippen LogP contribution < -0.4 is 11.3 Å². The van der Waals surface area contributed by atoms with Crippen molar-refractivity contribution in [3.05, 3.63) is 18.3 Å². The highest BCUT2D eigenvalue weighted by Gasteiger charge is 2.30. The molecular formula is C13H22N4O3S. The van der Waals surface area contributed by atoms with Crippen LogP contribution in [0.25, 0.3) is 0 Å². The molecule has 1 aliphatic rings. The Balaban J connectivity index is 2.10. The van der Waals surface area contributed by atoms with Crippen LogP contribution in [0.2, 0.25) is 0 Å². The Morgan fingerprint density at radius 2 is 2.33 bits per heavy atom. The van der Waals surface area contributed by atoms with Crippen LogP contribution in [0, 0.1) is 0 Å². The van der Waals surface area contributed by atoms with E-state index in [9.17, 15) is 8.42 Å². The Hall–Kier alpha value is -1.22. The Morgan fingerprint density at radius 3 is 2.95 bits per heavy atom. The van der Waals surface area contributed by atoms with Crippen molar-refractivity contribution in [3.63, 3.8) is 0 Å². The van der Waals surface area contributed by atoms with E-state index < -0.39 is 10.0 Å². The van der Waals surface area contributed by atoms with E-state index in [1.165, 1.54) is 16.6 Å². The summed E-state index contributed by atoms with van der Waals surface area (Å²) < 4.78 is 32.3. The largest absolute Gasteiger partial charge is 0.377 e. The first-order valence-corrected chi connectivity index (χ1v) is 8.56. The minimum absolute atomic E-state index is 0.0218. The van der Waals surface area contributed by atoms with Gasteiger partial charge in [-0.05, 0) is 31.4 Å². The van der Waals surface area contributed by atoms with Gasteiger partial charge in [0.05, 0.1) is 6.10 Å². The number of nitrogens with one attached hydrogen (secondary N) is 1. The number of nitrogen functional groups attached to an aromatic ring is 1. The lowest BCUT2D eigenvalue weighted by molar-refractivity contribution is 0.0193. The average Bonchev–Trinajstić information content (AvgIpc) is 2.53. The maximum absolute atomic E-state index is 12.6. The van der Waals surface area contributed by atoms with E-state index in [1.54, 1.807) is 6.07 Å². The Labute approximate surface area is 125 Å². The normalized spacial score (nSPS) is 20.4. The van der Waals surface area contributed by atoms with Crippen molar-refractivity contribution in [2.75, 3.05) is 25.1 Å². The molecule has 0 bridgehead atoms. The highest BCUT2D eigenvalue weighted by Crippen LogP contribution is 2.22. The molecule has 1 aliphatic heterocycles. The second-order valence-corrected chi connectivity index (χ2v) is 6.96. The van der Waals surface area contributed by atoms with Crippen molar-refractivity contribution in [1.82, 2.24) is 9.29 Å². The van der Waals surface area contributed by atoms with Crippen molar-refractivity contribution in [3.8, 4) is 0 Å². The zero-order chi connectivity index (χ0) is 15.3. The first-order valence-electron chi connectivity index (χ1n) is 7.12. The zero-order valence-electron chi connectivity index (χ0n) is 12.2. The predicted octanol–water partition coefficient (Wildman–Crippen LogP) is 0.947. The number of hydrogen-bond donors (Lipinski definition) is 2. The summed E-state index contributed by atoms with van der Waals surface area (Å²) in [5.74, 6) is 5.66.